The standard InChI is InChI=1S/C20H16N4O3/c1-23-19(26)15-8-7-13(11-16(15)20(23)27)18(25)21-12-14-5-2-3-6-17(14)24-10-4-9-22-24/h2-11H,12H2,1H3,(H,21,25). The Morgan fingerprint density at radius 1 is 1.04 bits per heavy atom. The highest BCUT2D eigenvalue weighted by Crippen LogP contribution is 2.23. The third-order valence-corrected chi connectivity index (χ3v) is 4.53. The molecule has 4 rings (SSSR count). The molecule has 134 valence electrons. The maximum Gasteiger partial charge on any atom is 0.261 e. The molecular formula is C20H16N4O3. The molecule has 1 aliphatic rings. The Bertz CT molecular complexity index is 1060. The van der Waals surface area contributed by atoms with Crippen LogP contribution in [-0.2, 0) is 6.54 Å². The molecule has 3 aromatic rings. The smallest absolute Gasteiger partial charge is 0.261 e. The first kappa shape index (κ1) is 16.7. The van der Waals surface area contributed by atoms with Crippen molar-refractivity contribution in [2.75, 3.05) is 7.05 Å². The molecule has 1 aromatic heterocycles. The number of rotatable bonds is 4. The van der Waals surface area contributed by atoms with Crippen LogP contribution in [0.4, 0.5) is 0 Å². The lowest BCUT2D eigenvalue weighted by atomic mass is 10.1. The topological polar surface area (TPSA) is 84.3 Å². The highest BCUT2D eigenvalue weighted by molar-refractivity contribution is 6.21. The predicted octanol–water partition coefficient (Wildman–Crippen LogP) is 2.03. The number of carbonyl (C=O) groups is 3. The summed E-state index contributed by atoms with van der Waals surface area (Å²) >= 11 is 0. The zero-order valence-corrected chi connectivity index (χ0v) is 14.5. The lowest BCUT2D eigenvalue weighted by Crippen LogP contribution is -2.24. The fourth-order valence-electron chi connectivity index (χ4n) is 3.08. The van der Waals surface area contributed by atoms with Crippen molar-refractivity contribution < 1.29 is 14.4 Å². The van der Waals surface area contributed by atoms with Gasteiger partial charge in [-0.15, -0.1) is 0 Å². The van der Waals surface area contributed by atoms with E-state index in [9.17, 15) is 14.4 Å². The Hall–Kier alpha value is -3.74. The summed E-state index contributed by atoms with van der Waals surface area (Å²) in [6.45, 7) is 0.304. The summed E-state index contributed by atoms with van der Waals surface area (Å²) in [5.74, 6) is -1.06. The molecule has 7 heteroatoms. The van der Waals surface area contributed by atoms with E-state index in [1.165, 1.54) is 19.2 Å². The number of nitrogens with zero attached hydrogens (tertiary/aromatic N) is 3. The molecule has 0 saturated heterocycles. The quantitative estimate of drug-likeness (QED) is 0.722. The largest absolute Gasteiger partial charge is 0.348 e. The van der Waals surface area contributed by atoms with E-state index in [0.717, 1.165) is 16.2 Å². The van der Waals surface area contributed by atoms with Crippen molar-refractivity contribution in [3.8, 4) is 5.69 Å². The van der Waals surface area contributed by atoms with Crippen molar-refractivity contribution in [1.82, 2.24) is 20.0 Å². The fraction of sp³-hybridized carbons (Fsp3) is 0.100. The SMILES string of the molecule is CN1C(=O)c2ccc(C(=O)NCc3ccccc3-n3cccn3)cc2C1=O. The average molecular weight is 360 g/mol. The molecule has 1 aliphatic heterocycles. The Labute approximate surface area is 155 Å². The van der Waals surface area contributed by atoms with Gasteiger partial charge in [-0.1, -0.05) is 18.2 Å². The third-order valence-electron chi connectivity index (χ3n) is 4.53. The summed E-state index contributed by atoms with van der Waals surface area (Å²) in [5.41, 5.74) is 2.69. The Balaban J connectivity index is 1.54. The molecular weight excluding hydrogens is 344 g/mol. The zero-order chi connectivity index (χ0) is 19.0. The summed E-state index contributed by atoms with van der Waals surface area (Å²) < 4.78 is 1.73. The Kier molecular flexibility index (Phi) is 4.04. The number of hydrogen-bond acceptors (Lipinski definition) is 4. The summed E-state index contributed by atoms with van der Waals surface area (Å²) in [5, 5.41) is 7.08. The van der Waals surface area contributed by atoms with Gasteiger partial charge in [0, 0.05) is 31.5 Å². The second kappa shape index (κ2) is 6.53. The summed E-state index contributed by atoms with van der Waals surface area (Å²) in [6.07, 6.45) is 3.52. The van der Waals surface area contributed by atoms with E-state index in [1.807, 2.05) is 36.5 Å². The lowest BCUT2D eigenvalue weighted by molar-refractivity contribution is 0.0693. The maximum absolute atomic E-state index is 12.5. The van der Waals surface area contributed by atoms with E-state index in [4.69, 9.17) is 0 Å². The van der Waals surface area contributed by atoms with E-state index in [-0.39, 0.29) is 17.4 Å². The average Bonchev–Trinajstić information content (AvgIpc) is 3.30. The molecule has 0 aliphatic carbocycles. The zero-order valence-electron chi connectivity index (χ0n) is 14.5. The number of benzene rings is 2. The monoisotopic (exact) mass is 360 g/mol. The fourth-order valence-corrected chi connectivity index (χ4v) is 3.08. The molecule has 7 nitrogen and oxygen atoms in total. The Morgan fingerprint density at radius 3 is 2.59 bits per heavy atom. The first-order chi connectivity index (χ1) is 13.1. The van der Waals surface area contributed by atoms with E-state index in [1.54, 1.807) is 16.9 Å². The second-order valence-electron chi connectivity index (χ2n) is 6.19. The van der Waals surface area contributed by atoms with Gasteiger partial charge in [-0.3, -0.25) is 19.3 Å². The van der Waals surface area contributed by atoms with Gasteiger partial charge in [0.15, 0.2) is 0 Å². The molecule has 2 heterocycles. The molecule has 0 atom stereocenters. The summed E-state index contributed by atoms with van der Waals surface area (Å²) in [6, 6.07) is 14.0. The van der Waals surface area contributed by atoms with Crippen LogP contribution in [0.1, 0.15) is 36.6 Å². The molecule has 2 aromatic carbocycles. The number of hydrogen-bond donors (Lipinski definition) is 1. The van der Waals surface area contributed by atoms with Gasteiger partial charge >= 0.3 is 0 Å². The van der Waals surface area contributed by atoms with E-state index >= 15 is 0 Å². The van der Waals surface area contributed by atoms with Crippen LogP contribution in [-0.4, -0.2) is 39.4 Å². The van der Waals surface area contributed by atoms with Crippen molar-refractivity contribution in [2.24, 2.45) is 0 Å². The number of fused-ring (bicyclic) bond motifs is 1. The summed E-state index contributed by atoms with van der Waals surface area (Å²) in [4.78, 5) is 37.6. The highest BCUT2D eigenvalue weighted by Gasteiger charge is 2.33. The number of carbonyl (C=O) groups excluding carboxylic acids is 3. The molecule has 27 heavy (non-hydrogen) atoms. The van der Waals surface area contributed by atoms with Crippen molar-refractivity contribution in [2.45, 2.75) is 6.54 Å². The van der Waals surface area contributed by atoms with Gasteiger partial charge in [-0.25, -0.2) is 4.68 Å². The first-order valence-electron chi connectivity index (χ1n) is 8.39. The van der Waals surface area contributed by atoms with Crippen LogP contribution in [0.3, 0.4) is 0 Å². The summed E-state index contributed by atoms with van der Waals surface area (Å²) in [7, 11) is 1.43. The molecule has 0 saturated carbocycles. The highest BCUT2D eigenvalue weighted by atomic mass is 16.2. The van der Waals surface area contributed by atoms with Gasteiger partial charge in [0.25, 0.3) is 17.7 Å². The van der Waals surface area contributed by atoms with Crippen LogP contribution in [0.2, 0.25) is 0 Å². The predicted molar refractivity (Wildman–Crippen MR) is 97.6 cm³/mol. The van der Waals surface area contributed by atoms with E-state index < -0.39 is 5.91 Å². The molecule has 0 radical (unpaired) electrons. The van der Waals surface area contributed by atoms with Gasteiger partial charge in [0.2, 0.25) is 0 Å². The van der Waals surface area contributed by atoms with Crippen LogP contribution in [0.25, 0.3) is 5.69 Å². The number of imide groups is 1. The minimum absolute atomic E-state index is 0.257. The first-order valence-corrected chi connectivity index (χ1v) is 8.39. The van der Waals surface area contributed by atoms with E-state index in [2.05, 4.69) is 10.4 Å². The van der Waals surface area contributed by atoms with Crippen LogP contribution in [0.15, 0.2) is 60.9 Å². The molecule has 0 fully saturated rings. The van der Waals surface area contributed by atoms with Gasteiger partial charge in [0.1, 0.15) is 0 Å². The number of amides is 3. The van der Waals surface area contributed by atoms with E-state index in [0.29, 0.717) is 17.7 Å². The molecule has 0 unspecified atom stereocenters. The lowest BCUT2D eigenvalue weighted by Gasteiger charge is -2.11. The minimum Gasteiger partial charge on any atom is -0.348 e. The number of nitrogens with one attached hydrogen (secondary N) is 1. The molecule has 0 spiro atoms. The normalized spacial score (nSPS) is 13.0. The van der Waals surface area contributed by atoms with Gasteiger partial charge in [-0.05, 0) is 35.9 Å². The maximum atomic E-state index is 12.5. The van der Waals surface area contributed by atoms with Crippen molar-refractivity contribution in [3.05, 3.63) is 83.2 Å². The molecule has 3 amide bonds. The van der Waals surface area contributed by atoms with Crippen LogP contribution in [0.5, 0.6) is 0 Å². The van der Waals surface area contributed by atoms with Crippen molar-refractivity contribution >= 4 is 17.7 Å². The van der Waals surface area contributed by atoms with Crippen LogP contribution < -0.4 is 5.32 Å². The number of para-hydroxylation sites is 1. The van der Waals surface area contributed by atoms with Gasteiger partial charge < -0.3 is 5.32 Å². The van der Waals surface area contributed by atoms with Gasteiger partial charge in [-0.2, -0.15) is 5.10 Å². The van der Waals surface area contributed by atoms with Crippen molar-refractivity contribution in [3.63, 3.8) is 0 Å². The molecule has 0 bridgehead atoms. The van der Waals surface area contributed by atoms with Crippen LogP contribution >= 0.6 is 0 Å². The third kappa shape index (κ3) is 2.89. The van der Waals surface area contributed by atoms with Crippen LogP contribution in [0, 0.1) is 0 Å². The minimum atomic E-state index is -0.395. The van der Waals surface area contributed by atoms with Gasteiger partial charge in [0.05, 0.1) is 16.8 Å². The van der Waals surface area contributed by atoms with Crippen molar-refractivity contribution in [1.29, 1.82) is 0 Å². The number of aromatic nitrogens is 2. The second-order valence-corrected chi connectivity index (χ2v) is 6.19. The molecule has 1 N–H and O–H groups in total. The Morgan fingerprint density at radius 2 is 1.81 bits per heavy atom.